The van der Waals surface area contributed by atoms with Crippen LogP contribution in [0.1, 0.15) is 46.0 Å². The lowest BCUT2D eigenvalue weighted by Crippen LogP contribution is -2.56. The summed E-state index contributed by atoms with van der Waals surface area (Å²) in [6, 6.07) is 4.87. The van der Waals surface area contributed by atoms with Crippen molar-refractivity contribution in [2.75, 3.05) is 44.7 Å². The number of aliphatic imine (C=N–C) groups is 1. The first kappa shape index (κ1) is 19.5. The normalized spacial score (nSPS) is 21.0. The van der Waals surface area contributed by atoms with Crippen LogP contribution in [0.15, 0.2) is 22.5 Å². The molecule has 0 saturated carbocycles. The van der Waals surface area contributed by atoms with E-state index in [0.717, 1.165) is 38.4 Å². The van der Waals surface area contributed by atoms with Crippen molar-refractivity contribution in [2.45, 2.75) is 57.5 Å². The Balaban J connectivity index is 1.43. The molecule has 0 unspecified atom stereocenters. The molecule has 0 atom stereocenters. The van der Waals surface area contributed by atoms with Crippen molar-refractivity contribution in [3.05, 3.63) is 17.5 Å². The molecule has 1 aromatic rings. The van der Waals surface area contributed by atoms with Crippen molar-refractivity contribution < 1.29 is 0 Å². The smallest absolute Gasteiger partial charge is 0.191 e. The first-order valence-electron chi connectivity index (χ1n) is 10.1. The Labute approximate surface area is 162 Å². The summed E-state index contributed by atoms with van der Waals surface area (Å²) in [6.07, 6.45) is 6.37. The molecule has 0 aliphatic carbocycles. The highest BCUT2D eigenvalue weighted by molar-refractivity contribution is 7.14. The number of hydrogen-bond acceptors (Lipinski definition) is 4. The van der Waals surface area contributed by atoms with E-state index in [0.29, 0.717) is 6.04 Å². The molecule has 6 heteroatoms. The number of hydrogen-bond donors (Lipinski definition) is 2. The van der Waals surface area contributed by atoms with E-state index in [2.05, 4.69) is 56.8 Å². The molecule has 0 radical (unpaired) electrons. The van der Waals surface area contributed by atoms with E-state index in [1.54, 1.807) is 0 Å². The second kappa shape index (κ2) is 9.09. The van der Waals surface area contributed by atoms with Crippen LogP contribution in [0.4, 0.5) is 5.00 Å². The van der Waals surface area contributed by atoms with E-state index in [-0.39, 0.29) is 5.54 Å². The summed E-state index contributed by atoms with van der Waals surface area (Å²) in [5.74, 6) is 0.949. The lowest BCUT2D eigenvalue weighted by molar-refractivity contribution is 0.0981. The quantitative estimate of drug-likeness (QED) is 0.611. The maximum absolute atomic E-state index is 4.46. The molecular weight excluding hydrogens is 342 g/mol. The molecule has 2 aliphatic rings. The second-order valence-electron chi connectivity index (χ2n) is 8.14. The highest BCUT2D eigenvalue weighted by atomic mass is 32.1. The highest BCUT2D eigenvalue weighted by Gasteiger charge is 2.28. The summed E-state index contributed by atoms with van der Waals surface area (Å²) in [5.41, 5.74) is 0.167. The number of piperidine rings is 2. The number of nitrogens with one attached hydrogen (secondary N) is 2. The maximum atomic E-state index is 4.46. The standard InChI is InChI=1S/C20H35N5S/c1-20(2,25-11-5-4-6-12-25)16-22-19(21-3)23-17-9-13-24(14-10-17)18-8-7-15-26-18/h7-8,15,17H,4-6,9-14,16H2,1-3H3,(H2,21,22,23). The molecule has 146 valence electrons. The Hall–Kier alpha value is -1.27. The van der Waals surface area contributed by atoms with E-state index < -0.39 is 0 Å². The third-order valence-corrected chi connectivity index (χ3v) is 6.71. The summed E-state index contributed by atoms with van der Waals surface area (Å²) >= 11 is 1.84. The van der Waals surface area contributed by atoms with Gasteiger partial charge >= 0.3 is 0 Å². The van der Waals surface area contributed by atoms with E-state index >= 15 is 0 Å². The molecule has 5 nitrogen and oxygen atoms in total. The topological polar surface area (TPSA) is 42.9 Å². The average Bonchev–Trinajstić information content (AvgIpc) is 3.21. The Bertz CT molecular complexity index is 555. The molecule has 0 bridgehead atoms. The average molecular weight is 378 g/mol. The van der Waals surface area contributed by atoms with Crippen LogP contribution in [0.2, 0.25) is 0 Å². The molecule has 26 heavy (non-hydrogen) atoms. The zero-order chi connectivity index (χ0) is 18.4. The highest BCUT2D eigenvalue weighted by Crippen LogP contribution is 2.25. The third-order valence-electron chi connectivity index (χ3n) is 5.78. The van der Waals surface area contributed by atoms with Gasteiger partial charge in [-0.1, -0.05) is 6.42 Å². The summed E-state index contributed by atoms with van der Waals surface area (Å²) in [5, 5.41) is 10.8. The molecule has 3 heterocycles. The zero-order valence-electron chi connectivity index (χ0n) is 16.6. The Morgan fingerprint density at radius 2 is 1.92 bits per heavy atom. The van der Waals surface area contributed by atoms with E-state index in [1.165, 1.54) is 37.4 Å². The first-order chi connectivity index (χ1) is 12.6. The fourth-order valence-corrected chi connectivity index (χ4v) is 4.78. The van der Waals surface area contributed by atoms with Gasteiger partial charge in [-0.15, -0.1) is 11.3 Å². The summed E-state index contributed by atoms with van der Waals surface area (Å²) < 4.78 is 0. The fraction of sp³-hybridized carbons (Fsp3) is 0.750. The van der Waals surface area contributed by atoms with Crippen molar-refractivity contribution in [1.29, 1.82) is 0 Å². The van der Waals surface area contributed by atoms with Gasteiger partial charge in [0.15, 0.2) is 5.96 Å². The Morgan fingerprint density at radius 3 is 2.54 bits per heavy atom. The molecule has 3 rings (SSSR count). The number of anilines is 1. The van der Waals surface area contributed by atoms with Crippen LogP contribution in [0.25, 0.3) is 0 Å². The van der Waals surface area contributed by atoms with Crippen LogP contribution in [0.3, 0.4) is 0 Å². The van der Waals surface area contributed by atoms with Crippen molar-refractivity contribution in [1.82, 2.24) is 15.5 Å². The molecule has 2 fully saturated rings. The lowest BCUT2D eigenvalue weighted by Gasteiger charge is -2.41. The largest absolute Gasteiger partial charge is 0.363 e. The van der Waals surface area contributed by atoms with Gasteiger partial charge in [0.25, 0.3) is 0 Å². The van der Waals surface area contributed by atoms with Crippen LogP contribution in [-0.2, 0) is 0 Å². The minimum Gasteiger partial charge on any atom is -0.363 e. The SMILES string of the molecule is CN=C(NCC(C)(C)N1CCCCC1)NC1CCN(c2cccs2)CC1. The van der Waals surface area contributed by atoms with E-state index in [4.69, 9.17) is 0 Å². The molecule has 2 N–H and O–H groups in total. The van der Waals surface area contributed by atoms with Crippen LogP contribution in [-0.4, -0.2) is 62.2 Å². The second-order valence-corrected chi connectivity index (χ2v) is 9.07. The predicted octanol–water partition coefficient (Wildman–Crippen LogP) is 3.15. The van der Waals surface area contributed by atoms with Gasteiger partial charge in [0.05, 0.1) is 5.00 Å². The number of thiophene rings is 1. The Kier molecular flexibility index (Phi) is 6.81. The maximum Gasteiger partial charge on any atom is 0.191 e. The Morgan fingerprint density at radius 1 is 1.19 bits per heavy atom. The third kappa shape index (κ3) is 5.13. The summed E-state index contributed by atoms with van der Waals surface area (Å²) in [6.45, 7) is 10.3. The van der Waals surface area contributed by atoms with Crippen LogP contribution in [0, 0.1) is 0 Å². The number of guanidine groups is 1. The first-order valence-corrected chi connectivity index (χ1v) is 11.0. The number of nitrogens with zero attached hydrogens (tertiary/aromatic N) is 3. The molecule has 0 amide bonds. The predicted molar refractivity (Wildman–Crippen MR) is 114 cm³/mol. The van der Waals surface area contributed by atoms with Crippen molar-refractivity contribution in [3.8, 4) is 0 Å². The molecule has 0 spiro atoms. The van der Waals surface area contributed by atoms with Gasteiger partial charge in [0.2, 0.25) is 0 Å². The van der Waals surface area contributed by atoms with E-state index in [1.807, 2.05) is 18.4 Å². The molecular formula is C20H35N5S. The summed E-state index contributed by atoms with van der Waals surface area (Å²) in [7, 11) is 1.88. The van der Waals surface area contributed by atoms with Gasteiger partial charge in [0.1, 0.15) is 0 Å². The van der Waals surface area contributed by atoms with Crippen LogP contribution >= 0.6 is 11.3 Å². The molecule has 0 aromatic carbocycles. The van der Waals surface area contributed by atoms with Gasteiger partial charge in [-0.05, 0) is 70.1 Å². The summed E-state index contributed by atoms with van der Waals surface area (Å²) in [4.78, 5) is 9.58. The van der Waals surface area contributed by atoms with Gasteiger partial charge in [-0.25, -0.2) is 0 Å². The molecule has 2 aliphatic heterocycles. The van der Waals surface area contributed by atoms with Gasteiger partial charge < -0.3 is 15.5 Å². The van der Waals surface area contributed by atoms with Gasteiger partial charge in [-0.2, -0.15) is 0 Å². The lowest BCUT2D eigenvalue weighted by atomic mass is 9.98. The molecule has 2 saturated heterocycles. The fourth-order valence-electron chi connectivity index (χ4n) is 3.99. The van der Waals surface area contributed by atoms with Crippen molar-refractivity contribution in [3.63, 3.8) is 0 Å². The van der Waals surface area contributed by atoms with Gasteiger partial charge in [0, 0.05) is 38.3 Å². The minimum absolute atomic E-state index is 0.167. The zero-order valence-corrected chi connectivity index (χ0v) is 17.4. The minimum atomic E-state index is 0.167. The van der Waals surface area contributed by atoms with Crippen LogP contribution in [0.5, 0.6) is 0 Å². The van der Waals surface area contributed by atoms with Crippen LogP contribution < -0.4 is 15.5 Å². The number of rotatable bonds is 5. The monoisotopic (exact) mass is 377 g/mol. The number of likely N-dealkylation sites (tertiary alicyclic amines) is 1. The molecule has 1 aromatic heterocycles. The van der Waals surface area contributed by atoms with Crippen molar-refractivity contribution in [2.24, 2.45) is 4.99 Å². The van der Waals surface area contributed by atoms with Crippen molar-refractivity contribution >= 4 is 22.3 Å². The van der Waals surface area contributed by atoms with E-state index in [9.17, 15) is 0 Å². The van der Waals surface area contributed by atoms with Gasteiger partial charge in [-0.3, -0.25) is 9.89 Å².